The minimum atomic E-state index is -0.117. The standard InChI is InChI=1S/C40H64N2O4/c1-25(2)26-14-19-40(24-45-34(43)28-10-8-22-41-28)21-20-38(6)27(33(26)40)12-13-31-37(5)17-16-32(46-35(44)29-11-9-23-42-29)36(3,4)30(37)15-18-39(31,38)7/h26-33,41-42H,1,8-24H2,2-7H3/t26-,27+,28?,29?,30-,31+,32-,33+,37-,38+,39+,40+/m0/s1. The second-order valence-electron chi connectivity index (χ2n) is 18.7. The molecule has 258 valence electrons. The highest BCUT2D eigenvalue weighted by Crippen LogP contribution is 2.77. The van der Waals surface area contributed by atoms with E-state index in [1.54, 1.807) is 0 Å². The predicted octanol–water partition coefficient (Wildman–Crippen LogP) is 7.60. The molecule has 0 spiro atoms. The summed E-state index contributed by atoms with van der Waals surface area (Å²) < 4.78 is 12.6. The zero-order valence-electron chi connectivity index (χ0n) is 30.0. The summed E-state index contributed by atoms with van der Waals surface area (Å²) in [7, 11) is 0. The van der Waals surface area contributed by atoms with Crippen molar-refractivity contribution < 1.29 is 19.1 Å². The third kappa shape index (κ3) is 4.83. The Morgan fingerprint density at radius 3 is 2.09 bits per heavy atom. The summed E-state index contributed by atoms with van der Waals surface area (Å²) in [5.41, 5.74) is 2.18. The molecule has 6 heteroatoms. The Labute approximate surface area is 279 Å². The van der Waals surface area contributed by atoms with Crippen LogP contribution in [-0.2, 0) is 19.1 Å². The van der Waals surface area contributed by atoms with Crippen molar-refractivity contribution in [3.05, 3.63) is 12.2 Å². The second-order valence-corrected chi connectivity index (χ2v) is 18.7. The van der Waals surface area contributed by atoms with Gasteiger partial charge in [-0.25, -0.2) is 0 Å². The van der Waals surface area contributed by atoms with Gasteiger partial charge < -0.3 is 20.1 Å². The van der Waals surface area contributed by atoms with Gasteiger partial charge in [0.2, 0.25) is 0 Å². The van der Waals surface area contributed by atoms with Gasteiger partial charge in [-0.3, -0.25) is 9.59 Å². The number of esters is 2. The van der Waals surface area contributed by atoms with E-state index in [9.17, 15) is 9.59 Å². The Hall–Kier alpha value is -1.40. The molecule has 0 amide bonds. The minimum absolute atomic E-state index is 0.00371. The molecule has 2 saturated heterocycles. The first-order chi connectivity index (χ1) is 21.8. The minimum Gasteiger partial charge on any atom is -0.464 e. The van der Waals surface area contributed by atoms with E-state index in [2.05, 4.69) is 58.8 Å². The molecule has 2 unspecified atom stereocenters. The normalized spacial score (nSPS) is 49.3. The molecule has 6 nitrogen and oxygen atoms in total. The Bertz CT molecular complexity index is 1220. The second kappa shape index (κ2) is 11.6. The zero-order chi connectivity index (χ0) is 32.7. The van der Waals surface area contributed by atoms with Gasteiger partial charge >= 0.3 is 11.9 Å². The van der Waals surface area contributed by atoms with Gasteiger partial charge in [0.25, 0.3) is 0 Å². The molecule has 7 fully saturated rings. The van der Waals surface area contributed by atoms with Crippen LogP contribution in [0.25, 0.3) is 0 Å². The number of hydrogen-bond acceptors (Lipinski definition) is 6. The van der Waals surface area contributed by atoms with Crippen LogP contribution in [0.5, 0.6) is 0 Å². The van der Waals surface area contributed by atoms with Crippen LogP contribution in [0, 0.1) is 56.7 Å². The van der Waals surface area contributed by atoms with Crippen LogP contribution in [-0.4, -0.2) is 49.8 Å². The van der Waals surface area contributed by atoms with E-state index >= 15 is 0 Å². The third-order valence-corrected chi connectivity index (χ3v) is 16.6. The summed E-state index contributed by atoms with van der Waals surface area (Å²) >= 11 is 0. The molecule has 2 aliphatic heterocycles. The summed E-state index contributed by atoms with van der Waals surface area (Å²) in [4.78, 5) is 26.3. The maximum absolute atomic E-state index is 13.1. The van der Waals surface area contributed by atoms with Crippen molar-refractivity contribution in [1.82, 2.24) is 10.6 Å². The summed E-state index contributed by atoms with van der Waals surface area (Å²) in [6.45, 7) is 22.1. The average molecular weight is 637 g/mol. The summed E-state index contributed by atoms with van der Waals surface area (Å²) in [6, 6.07) is -0.233. The first kappa shape index (κ1) is 33.1. The number of nitrogens with one attached hydrogen (secondary N) is 2. The van der Waals surface area contributed by atoms with Gasteiger partial charge in [0.1, 0.15) is 18.2 Å². The fraction of sp³-hybridized carbons (Fsp3) is 0.900. The molecule has 7 aliphatic rings. The third-order valence-electron chi connectivity index (χ3n) is 16.6. The number of hydrogen-bond donors (Lipinski definition) is 2. The molecule has 46 heavy (non-hydrogen) atoms. The molecule has 7 rings (SSSR count). The lowest BCUT2D eigenvalue weighted by Gasteiger charge is -2.73. The molecular weight excluding hydrogens is 572 g/mol. The molecule has 2 heterocycles. The molecule has 0 radical (unpaired) electrons. The first-order valence-electron chi connectivity index (χ1n) is 19.3. The van der Waals surface area contributed by atoms with Gasteiger partial charge in [0.05, 0.1) is 6.61 Å². The van der Waals surface area contributed by atoms with E-state index in [4.69, 9.17) is 9.47 Å². The van der Waals surface area contributed by atoms with E-state index < -0.39 is 0 Å². The number of carbonyl (C=O) groups excluding carboxylic acids is 2. The summed E-state index contributed by atoms with van der Waals surface area (Å²) in [5, 5.41) is 6.71. The van der Waals surface area contributed by atoms with Crippen molar-refractivity contribution in [2.24, 2.45) is 56.7 Å². The quantitative estimate of drug-likeness (QED) is 0.231. The molecule has 0 bridgehead atoms. The smallest absolute Gasteiger partial charge is 0.323 e. The summed E-state index contributed by atoms with van der Waals surface area (Å²) in [6.07, 6.45) is 15.9. The zero-order valence-corrected chi connectivity index (χ0v) is 30.0. The van der Waals surface area contributed by atoms with Gasteiger partial charge in [-0.1, -0.05) is 46.8 Å². The van der Waals surface area contributed by atoms with E-state index in [1.165, 1.54) is 50.5 Å². The highest BCUT2D eigenvalue weighted by molar-refractivity contribution is 5.76. The van der Waals surface area contributed by atoms with Crippen LogP contribution in [0.1, 0.15) is 131 Å². The highest BCUT2D eigenvalue weighted by atomic mass is 16.5. The fourth-order valence-electron chi connectivity index (χ4n) is 14.0. The Balaban J connectivity index is 1.13. The number of fused-ring (bicyclic) bond motifs is 7. The van der Waals surface area contributed by atoms with Crippen LogP contribution in [0.4, 0.5) is 0 Å². The molecule has 5 saturated carbocycles. The predicted molar refractivity (Wildman–Crippen MR) is 182 cm³/mol. The first-order valence-corrected chi connectivity index (χ1v) is 19.3. The lowest BCUT2D eigenvalue weighted by molar-refractivity contribution is -0.252. The number of allylic oxidation sites excluding steroid dienone is 1. The average Bonchev–Trinajstić information content (AvgIpc) is 3.80. The number of carbonyl (C=O) groups is 2. The monoisotopic (exact) mass is 636 g/mol. The van der Waals surface area contributed by atoms with Crippen molar-refractivity contribution in [3.63, 3.8) is 0 Å². The number of ether oxygens (including phenoxy) is 2. The topological polar surface area (TPSA) is 76.7 Å². The summed E-state index contributed by atoms with van der Waals surface area (Å²) in [5.74, 6) is 2.90. The van der Waals surface area contributed by atoms with Crippen LogP contribution in [0.3, 0.4) is 0 Å². The van der Waals surface area contributed by atoms with Crippen molar-refractivity contribution >= 4 is 11.9 Å². The van der Waals surface area contributed by atoms with Crippen molar-refractivity contribution in [2.75, 3.05) is 19.7 Å². The largest absolute Gasteiger partial charge is 0.464 e. The molecule has 0 aromatic heterocycles. The van der Waals surface area contributed by atoms with Gasteiger partial charge in [0, 0.05) is 10.8 Å². The van der Waals surface area contributed by atoms with Gasteiger partial charge in [-0.2, -0.15) is 0 Å². The van der Waals surface area contributed by atoms with Crippen molar-refractivity contribution in [3.8, 4) is 0 Å². The Kier molecular flexibility index (Phi) is 8.35. The Morgan fingerprint density at radius 2 is 1.43 bits per heavy atom. The van der Waals surface area contributed by atoms with Gasteiger partial charge in [0.15, 0.2) is 0 Å². The molecule has 0 aromatic rings. The van der Waals surface area contributed by atoms with Crippen LogP contribution >= 0.6 is 0 Å². The maximum atomic E-state index is 13.1. The molecule has 12 atom stereocenters. The van der Waals surface area contributed by atoms with E-state index in [-0.39, 0.29) is 57.2 Å². The van der Waals surface area contributed by atoms with E-state index in [0.29, 0.717) is 36.2 Å². The van der Waals surface area contributed by atoms with Crippen LogP contribution < -0.4 is 10.6 Å². The maximum Gasteiger partial charge on any atom is 0.323 e. The molecule has 5 aliphatic carbocycles. The SMILES string of the molecule is C=C(C)[C@@H]1CC[C@]2(COC(=O)C3CCCN3)CC[C@]3(C)[C@H](CC[C@@H]4[C@@]5(C)CC[C@H](OC(=O)C6CCCN6)C(C)(C)[C@@H]5CC[C@]43C)[C@@H]12. The van der Waals surface area contributed by atoms with Crippen molar-refractivity contribution in [1.29, 1.82) is 0 Å². The lowest BCUT2D eigenvalue weighted by atomic mass is 9.32. The molecule has 0 aromatic carbocycles. The van der Waals surface area contributed by atoms with Crippen molar-refractivity contribution in [2.45, 2.75) is 150 Å². The lowest BCUT2D eigenvalue weighted by Crippen LogP contribution is -2.67. The fourth-order valence-corrected chi connectivity index (χ4v) is 14.0. The van der Waals surface area contributed by atoms with Gasteiger partial charge in [-0.15, -0.1) is 0 Å². The van der Waals surface area contributed by atoms with E-state index in [0.717, 1.165) is 58.0 Å². The van der Waals surface area contributed by atoms with E-state index in [1.807, 2.05) is 0 Å². The van der Waals surface area contributed by atoms with Crippen LogP contribution in [0.15, 0.2) is 12.2 Å². The highest BCUT2D eigenvalue weighted by Gasteiger charge is 2.71. The van der Waals surface area contributed by atoms with Gasteiger partial charge in [-0.05, 0) is 156 Å². The number of rotatable bonds is 6. The molecule has 2 N–H and O–H groups in total. The molecular formula is C40H64N2O4. The Morgan fingerprint density at radius 1 is 0.739 bits per heavy atom. The van der Waals surface area contributed by atoms with Crippen LogP contribution in [0.2, 0.25) is 0 Å².